The van der Waals surface area contributed by atoms with Gasteiger partial charge in [-0.3, -0.25) is 9.00 Å². The third kappa shape index (κ3) is 6.72. The fourth-order valence-electron chi connectivity index (χ4n) is 0.684. The molecular weight excluding hydrogens is 188 g/mol. The van der Waals surface area contributed by atoms with E-state index >= 15 is 0 Å². The van der Waals surface area contributed by atoms with Crippen molar-refractivity contribution in [1.82, 2.24) is 10.2 Å². The molecule has 0 saturated carbocycles. The van der Waals surface area contributed by atoms with Crippen LogP contribution in [0.25, 0.3) is 0 Å². The fraction of sp³-hybridized carbons (Fsp3) is 0.875. The smallest absolute Gasteiger partial charge is 0.236 e. The molecule has 0 aliphatic carbocycles. The molecule has 0 spiro atoms. The predicted molar refractivity (Wildman–Crippen MR) is 55.1 cm³/mol. The van der Waals surface area contributed by atoms with Crippen LogP contribution in [0.5, 0.6) is 0 Å². The van der Waals surface area contributed by atoms with E-state index in [1.54, 1.807) is 14.1 Å². The molecule has 1 N–H and O–H groups in total. The number of hydrogen-bond acceptors (Lipinski definition) is 3. The van der Waals surface area contributed by atoms with Gasteiger partial charge in [-0.1, -0.05) is 6.92 Å². The van der Waals surface area contributed by atoms with Crippen LogP contribution in [-0.2, 0) is 15.6 Å². The average Bonchev–Trinajstić information content (AvgIpc) is 2.11. The predicted octanol–water partition coefficient (Wildman–Crippen LogP) is -0.567. The van der Waals surface area contributed by atoms with Gasteiger partial charge in [-0.25, -0.2) is 0 Å². The number of hydrogen-bond donors (Lipinski definition) is 1. The number of carbonyl (C=O) groups excluding carboxylic acids is 1. The fourth-order valence-corrected chi connectivity index (χ4v) is 1.34. The number of rotatable bonds is 6. The Kier molecular flexibility index (Phi) is 6.80. The highest BCUT2D eigenvalue weighted by Gasteiger charge is 2.02. The molecule has 78 valence electrons. The van der Waals surface area contributed by atoms with E-state index in [0.717, 1.165) is 0 Å². The third-order valence-corrected chi connectivity index (χ3v) is 2.91. The molecule has 5 heteroatoms. The first kappa shape index (κ1) is 12.6. The lowest BCUT2D eigenvalue weighted by molar-refractivity contribution is -0.127. The number of amides is 1. The summed E-state index contributed by atoms with van der Waals surface area (Å²) in [6.07, 6.45) is 0. The topological polar surface area (TPSA) is 49.4 Å². The van der Waals surface area contributed by atoms with Gasteiger partial charge in [-0.15, -0.1) is 0 Å². The van der Waals surface area contributed by atoms with E-state index in [4.69, 9.17) is 0 Å². The second-order valence-corrected chi connectivity index (χ2v) is 4.76. The van der Waals surface area contributed by atoms with Crippen LogP contribution in [-0.4, -0.2) is 53.7 Å². The van der Waals surface area contributed by atoms with Crippen LogP contribution >= 0.6 is 0 Å². The van der Waals surface area contributed by atoms with Crippen molar-refractivity contribution in [3.63, 3.8) is 0 Å². The third-order valence-electron chi connectivity index (χ3n) is 1.60. The van der Waals surface area contributed by atoms with E-state index in [-0.39, 0.29) is 5.91 Å². The largest absolute Gasteiger partial charge is 0.348 e. The molecule has 0 aromatic rings. The van der Waals surface area contributed by atoms with Crippen LogP contribution in [0, 0.1) is 0 Å². The van der Waals surface area contributed by atoms with E-state index < -0.39 is 10.8 Å². The Morgan fingerprint density at radius 2 is 2.08 bits per heavy atom. The molecule has 0 aliphatic heterocycles. The maximum atomic E-state index is 11.0. The summed E-state index contributed by atoms with van der Waals surface area (Å²) >= 11 is 0. The monoisotopic (exact) mass is 206 g/mol. The molecule has 1 atom stereocenters. The highest BCUT2D eigenvalue weighted by atomic mass is 32.2. The van der Waals surface area contributed by atoms with Gasteiger partial charge in [0.1, 0.15) is 0 Å². The van der Waals surface area contributed by atoms with E-state index in [0.29, 0.717) is 24.6 Å². The van der Waals surface area contributed by atoms with Gasteiger partial charge in [0.05, 0.1) is 6.54 Å². The summed E-state index contributed by atoms with van der Waals surface area (Å²) in [5.41, 5.74) is 0. The Morgan fingerprint density at radius 3 is 2.54 bits per heavy atom. The number of nitrogens with zero attached hydrogens (tertiary/aromatic N) is 1. The van der Waals surface area contributed by atoms with Crippen molar-refractivity contribution in [3.05, 3.63) is 0 Å². The molecule has 0 fully saturated rings. The van der Waals surface area contributed by atoms with Crippen LogP contribution in [0.3, 0.4) is 0 Å². The Balaban J connectivity index is 3.36. The summed E-state index contributed by atoms with van der Waals surface area (Å²) in [5.74, 6) is 1.35. The van der Waals surface area contributed by atoms with Crippen molar-refractivity contribution in [2.75, 3.05) is 38.7 Å². The van der Waals surface area contributed by atoms with Gasteiger partial charge in [-0.2, -0.15) is 0 Å². The summed E-state index contributed by atoms with van der Waals surface area (Å²) in [7, 11) is 2.69. The average molecular weight is 206 g/mol. The molecule has 0 aliphatic rings. The molecule has 0 rings (SSSR count). The lowest BCUT2D eigenvalue weighted by atomic mass is 10.5. The van der Waals surface area contributed by atoms with Crippen molar-refractivity contribution in [2.45, 2.75) is 6.92 Å². The second kappa shape index (κ2) is 7.03. The molecule has 0 bridgehead atoms. The molecule has 0 aromatic heterocycles. The summed E-state index contributed by atoms with van der Waals surface area (Å²) in [5, 5.41) is 2.95. The van der Waals surface area contributed by atoms with Crippen LogP contribution in [0.4, 0.5) is 0 Å². The van der Waals surface area contributed by atoms with E-state index in [2.05, 4.69) is 5.32 Å². The van der Waals surface area contributed by atoms with Crippen LogP contribution < -0.4 is 5.32 Å². The summed E-state index contributed by atoms with van der Waals surface area (Å²) in [4.78, 5) is 12.6. The van der Waals surface area contributed by atoms with Gasteiger partial charge in [-0.05, 0) is 0 Å². The van der Waals surface area contributed by atoms with Crippen LogP contribution in [0.15, 0.2) is 0 Å². The summed E-state index contributed by atoms with van der Waals surface area (Å²) in [6, 6.07) is 0. The van der Waals surface area contributed by atoms with Gasteiger partial charge in [0.15, 0.2) is 0 Å². The van der Waals surface area contributed by atoms with Gasteiger partial charge >= 0.3 is 0 Å². The minimum absolute atomic E-state index is 0.0438. The highest BCUT2D eigenvalue weighted by molar-refractivity contribution is 7.84. The first-order valence-electron chi connectivity index (χ1n) is 4.33. The quantitative estimate of drug-likeness (QED) is 0.592. The Labute approximate surface area is 82.1 Å². The lowest BCUT2D eigenvalue weighted by Gasteiger charge is -2.10. The zero-order valence-corrected chi connectivity index (χ0v) is 9.32. The maximum Gasteiger partial charge on any atom is 0.236 e. The van der Waals surface area contributed by atoms with Crippen LogP contribution in [0.1, 0.15) is 6.92 Å². The molecule has 1 unspecified atom stereocenters. The molecule has 1 amide bonds. The lowest BCUT2D eigenvalue weighted by Crippen LogP contribution is -2.34. The number of likely N-dealkylation sites (N-methyl/N-ethyl adjacent to an activating group) is 1. The minimum atomic E-state index is -0.740. The molecular formula is C8H18N2O2S. The van der Waals surface area contributed by atoms with Crippen LogP contribution in [0.2, 0.25) is 0 Å². The van der Waals surface area contributed by atoms with Gasteiger partial charge < -0.3 is 10.2 Å². The van der Waals surface area contributed by atoms with E-state index in [9.17, 15) is 9.00 Å². The number of carbonyl (C=O) groups is 1. The van der Waals surface area contributed by atoms with Crippen molar-refractivity contribution in [1.29, 1.82) is 0 Å². The molecule has 0 radical (unpaired) electrons. The highest BCUT2D eigenvalue weighted by Crippen LogP contribution is 1.80. The standard InChI is InChI=1S/C8H18N2O2S/c1-4-13(12)6-5-9-7-8(11)10(2)3/h9H,4-7H2,1-3H3. The molecule has 0 heterocycles. The van der Waals surface area contributed by atoms with Crippen molar-refractivity contribution >= 4 is 16.7 Å². The van der Waals surface area contributed by atoms with Gasteiger partial charge in [0, 0.05) is 42.9 Å². The maximum absolute atomic E-state index is 11.0. The van der Waals surface area contributed by atoms with Crippen molar-refractivity contribution in [3.8, 4) is 0 Å². The Bertz CT molecular complexity index is 183. The minimum Gasteiger partial charge on any atom is -0.348 e. The van der Waals surface area contributed by atoms with Gasteiger partial charge in [0.25, 0.3) is 0 Å². The summed E-state index contributed by atoms with van der Waals surface area (Å²) in [6.45, 7) is 2.86. The Hall–Kier alpha value is -0.420. The normalized spacial score (nSPS) is 12.5. The second-order valence-electron chi connectivity index (χ2n) is 2.90. The van der Waals surface area contributed by atoms with Gasteiger partial charge in [0.2, 0.25) is 5.91 Å². The molecule has 0 aromatic carbocycles. The SMILES string of the molecule is CCS(=O)CCNCC(=O)N(C)C. The van der Waals surface area contributed by atoms with E-state index in [1.807, 2.05) is 6.92 Å². The molecule has 4 nitrogen and oxygen atoms in total. The zero-order chi connectivity index (χ0) is 10.3. The molecule has 0 saturated heterocycles. The Morgan fingerprint density at radius 1 is 1.46 bits per heavy atom. The molecule has 13 heavy (non-hydrogen) atoms. The zero-order valence-electron chi connectivity index (χ0n) is 8.50. The van der Waals surface area contributed by atoms with E-state index in [1.165, 1.54) is 4.90 Å². The van der Waals surface area contributed by atoms with Crippen molar-refractivity contribution < 1.29 is 9.00 Å². The first-order chi connectivity index (χ1) is 6.07. The number of nitrogens with one attached hydrogen (secondary N) is 1. The van der Waals surface area contributed by atoms with Crippen molar-refractivity contribution in [2.24, 2.45) is 0 Å². The first-order valence-corrected chi connectivity index (χ1v) is 5.82. The summed E-state index contributed by atoms with van der Waals surface area (Å²) < 4.78 is 11.0.